The third-order valence-corrected chi connectivity index (χ3v) is 5.43. The van der Waals surface area contributed by atoms with Crippen LogP contribution >= 0.6 is 12.2 Å². The molecular formula is C19H20N2OS. The number of thiocarbonyl (C=S) groups is 1. The van der Waals surface area contributed by atoms with Gasteiger partial charge in [0.05, 0.1) is 6.04 Å². The predicted molar refractivity (Wildman–Crippen MR) is 96.8 cm³/mol. The molecule has 2 aromatic rings. The molecule has 3 nitrogen and oxygen atoms in total. The molecular weight excluding hydrogens is 304 g/mol. The second kappa shape index (κ2) is 4.96. The van der Waals surface area contributed by atoms with Crippen molar-refractivity contribution in [2.45, 2.75) is 32.5 Å². The van der Waals surface area contributed by atoms with Gasteiger partial charge in [-0.15, -0.1) is 0 Å². The summed E-state index contributed by atoms with van der Waals surface area (Å²) >= 11 is 5.69. The van der Waals surface area contributed by atoms with E-state index < -0.39 is 5.72 Å². The Kier molecular flexibility index (Phi) is 3.13. The minimum atomic E-state index is -0.503. The fourth-order valence-corrected chi connectivity index (χ4v) is 4.06. The number of nitrogens with zero attached hydrogens (tertiary/aromatic N) is 1. The van der Waals surface area contributed by atoms with Crippen LogP contribution in [-0.4, -0.2) is 10.8 Å². The van der Waals surface area contributed by atoms with Crippen LogP contribution in [0.2, 0.25) is 0 Å². The summed E-state index contributed by atoms with van der Waals surface area (Å²) in [6, 6.07) is 16.8. The normalized spacial score (nSPS) is 28.7. The van der Waals surface area contributed by atoms with Crippen molar-refractivity contribution in [1.82, 2.24) is 5.32 Å². The number of aryl methyl sites for hydroxylation is 1. The van der Waals surface area contributed by atoms with Crippen molar-refractivity contribution >= 4 is 23.0 Å². The lowest BCUT2D eigenvalue weighted by Gasteiger charge is -2.56. The van der Waals surface area contributed by atoms with Crippen LogP contribution in [0.15, 0.2) is 48.5 Å². The Morgan fingerprint density at radius 1 is 1.13 bits per heavy atom. The first-order valence-electron chi connectivity index (χ1n) is 7.96. The van der Waals surface area contributed by atoms with E-state index in [1.165, 1.54) is 11.1 Å². The summed E-state index contributed by atoms with van der Waals surface area (Å²) in [5, 5.41) is 4.24. The molecule has 23 heavy (non-hydrogen) atoms. The summed E-state index contributed by atoms with van der Waals surface area (Å²) in [5.74, 6) is 1.19. The van der Waals surface area contributed by atoms with Gasteiger partial charge in [-0.05, 0) is 44.3 Å². The van der Waals surface area contributed by atoms with E-state index in [9.17, 15) is 0 Å². The van der Waals surface area contributed by atoms with Crippen molar-refractivity contribution in [2.75, 3.05) is 4.90 Å². The SMILES string of the molecule is Cc1ccc(N2C(=S)N[C@@H]3c4ccccc4O[C@]2(C)[C@@H]3C)cc1. The number of rotatable bonds is 1. The van der Waals surface area contributed by atoms with Crippen LogP contribution in [0.25, 0.3) is 0 Å². The number of fused-ring (bicyclic) bond motifs is 4. The molecule has 1 N–H and O–H groups in total. The highest BCUT2D eigenvalue weighted by molar-refractivity contribution is 7.80. The maximum atomic E-state index is 6.47. The fraction of sp³-hybridized carbons (Fsp3) is 0.316. The largest absolute Gasteiger partial charge is 0.467 e. The molecule has 4 rings (SSSR count). The van der Waals surface area contributed by atoms with Crippen LogP contribution in [0.1, 0.15) is 31.0 Å². The number of hydrogen-bond acceptors (Lipinski definition) is 2. The van der Waals surface area contributed by atoms with Crippen LogP contribution in [-0.2, 0) is 0 Å². The highest BCUT2D eigenvalue weighted by atomic mass is 32.1. The number of anilines is 1. The van der Waals surface area contributed by atoms with Crippen molar-refractivity contribution in [1.29, 1.82) is 0 Å². The van der Waals surface area contributed by atoms with Crippen LogP contribution in [0.5, 0.6) is 5.75 Å². The van der Waals surface area contributed by atoms with E-state index in [2.05, 4.69) is 67.4 Å². The molecule has 0 unspecified atom stereocenters. The maximum absolute atomic E-state index is 6.47. The zero-order valence-corrected chi connectivity index (χ0v) is 14.4. The summed E-state index contributed by atoms with van der Waals surface area (Å²) < 4.78 is 6.47. The van der Waals surface area contributed by atoms with Gasteiger partial charge < -0.3 is 10.1 Å². The highest BCUT2D eigenvalue weighted by Crippen LogP contribution is 2.48. The Balaban J connectivity index is 1.85. The number of nitrogens with one attached hydrogen (secondary N) is 1. The third-order valence-electron chi connectivity index (χ3n) is 5.13. The van der Waals surface area contributed by atoms with Crippen molar-refractivity contribution in [3.8, 4) is 5.75 Å². The zero-order valence-electron chi connectivity index (χ0n) is 13.5. The van der Waals surface area contributed by atoms with E-state index in [1.807, 2.05) is 12.1 Å². The van der Waals surface area contributed by atoms with E-state index in [0.29, 0.717) is 5.11 Å². The van der Waals surface area contributed by atoms with Gasteiger partial charge in [0, 0.05) is 17.2 Å². The minimum Gasteiger partial charge on any atom is -0.467 e. The van der Waals surface area contributed by atoms with Crippen LogP contribution in [0, 0.1) is 12.8 Å². The molecule has 3 atom stereocenters. The second-order valence-electron chi connectivity index (χ2n) is 6.58. The smallest absolute Gasteiger partial charge is 0.190 e. The lowest BCUT2D eigenvalue weighted by Crippen LogP contribution is -2.69. The molecule has 0 spiro atoms. The lowest BCUT2D eigenvalue weighted by atomic mass is 9.80. The Morgan fingerprint density at radius 3 is 2.57 bits per heavy atom. The van der Waals surface area contributed by atoms with Crippen molar-refractivity contribution in [3.05, 3.63) is 59.7 Å². The summed E-state index contributed by atoms with van der Waals surface area (Å²) in [7, 11) is 0. The predicted octanol–water partition coefficient (Wildman–Crippen LogP) is 4.18. The first-order valence-corrected chi connectivity index (χ1v) is 8.37. The number of hydrogen-bond donors (Lipinski definition) is 1. The summed E-state index contributed by atoms with van der Waals surface area (Å²) in [4.78, 5) is 2.11. The van der Waals surface area contributed by atoms with Crippen LogP contribution < -0.4 is 15.0 Å². The third kappa shape index (κ3) is 2.05. The van der Waals surface area contributed by atoms with Gasteiger partial charge in [-0.25, -0.2) is 0 Å². The molecule has 2 aliphatic rings. The summed E-state index contributed by atoms with van der Waals surface area (Å²) in [6.07, 6.45) is 0. The molecule has 0 radical (unpaired) electrons. The summed E-state index contributed by atoms with van der Waals surface area (Å²) in [5.41, 5.74) is 2.97. The molecule has 0 saturated carbocycles. The van der Waals surface area contributed by atoms with Crippen LogP contribution in [0.3, 0.4) is 0 Å². The monoisotopic (exact) mass is 324 g/mol. The van der Waals surface area contributed by atoms with E-state index in [0.717, 1.165) is 11.4 Å². The van der Waals surface area contributed by atoms with Gasteiger partial charge in [0.1, 0.15) is 5.75 Å². The summed E-state index contributed by atoms with van der Waals surface area (Å²) in [6.45, 7) is 6.44. The molecule has 1 saturated heterocycles. The van der Waals surface area contributed by atoms with E-state index in [-0.39, 0.29) is 12.0 Å². The van der Waals surface area contributed by atoms with Gasteiger partial charge in [0.25, 0.3) is 0 Å². The lowest BCUT2D eigenvalue weighted by molar-refractivity contribution is -0.00316. The number of para-hydroxylation sites is 1. The average molecular weight is 324 g/mol. The Bertz CT molecular complexity index is 773. The molecule has 0 aliphatic carbocycles. The second-order valence-corrected chi connectivity index (χ2v) is 6.97. The minimum absolute atomic E-state index is 0.180. The molecule has 118 valence electrons. The first kappa shape index (κ1) is 14.5. The maximum Gasteiger partial charge on any atom is 0.190 e. The van der Waals surface area contributed by atoms with E-state index in [4.69, 9.17) is 17.0 Å². The number of ether oxygens (including phenoxy) is 1. The van der Waals surface area contributed by atoms with Gasteiger partial charge in [-0.1, -0.05) is 42.8 Å². The van der Waals surface area contributed by atoms with Gasteiger partial charge >= 0.3 is 0 Å². The molecule has 0 aromatic heterocycles. The van der Waals surface area contributed by atoms with Gasteiger partial charge in [-0.3, -0.25) is 4.90 Å². The van der Waals surface area contributed by atoms with Crippen molar-refractivity contribution < 1.29 is 4.74 Å². The standard InChI is InChI=1S/C19H20N2OS/c1-12-8-10-14(11-9-12)21-18(23)20-17-13(2)19(21,3)22-16-7-5-4-6-15(16)17/h4-11,13,17H,1-3H3,(H,20,23)/t13-,17+,19-/m1/s1. The van der Waals surface area contributed by atoms with E-state index >= 15 is 0 Å². The Labute approximate surface area is 142 Å². The van der Waals surface area contributed by atoms with Crippen molar-refractivity contribution in [3.63, 3.8) is 0 Å². The average Bonchev–Trinajstić information content (AvgIpc) is 2.52. The molecule has 0 amide bonds. The first-order chi connectivity index (χ1) is 11.0. The Hall–Kier alpha value is -2.07. The van der Waals surface area contributed by atoms with Gasteiger partial charge in [-0.2, -0.15) is 0 Å². The molecule has 2 aromatic carbocycles. The van der Waals surface area contributed by atoms with Crippen molar-refractivity contribution in [2.24, 2.45) is 5.92 Å². The molecule has 1 fully saturated rings. The molecule has 2 heterocycles. The fourth-order valence-electron chi connectivity index (χ4n) is 3.64. The number of benzene rings is 2. The Morgan fingerprint density at radius 2 is 1.83 bits per heavy atom. The van der Waals surface area contributed by atoms with Gasteiger partial charge in [0.2, 0.25) is 0 Å². The molecule has 4 heteroatoms. The topological polar surface area (TPSA) is 24.5 Å². The molecule has 2 aliphatic heterocycles. The van der Waals surface area contributed by atoms with Gasteiger partial charge in [0.15, 0.2) is 10.8 Å². The molecule has 2 bridgehead atoms. The highest BCUT2D eigenvalue weighted by Gasteiger charge is 2.53. The van der Waals surface area contributed by atoms with Crippen LogP contribution in [0.4, 0.5) is 5.69 Å². The zero-order chi connectivity index (χ0) is 16.2. The van der Waals surface area contributed by atoms with E-state index in [1.54, 1.807) is 0 Å². The quantitative estimate of drug-likeness (QED) is 0.796.